The number of pyridine rings is 1. The molecule has 2 heterocycles. The van der Waals surface area contributed by atoms with Crippen LogP contribution in [0.3, 0.4) is 0 Å². The lowest BCUT2D eigenvalue weighted by atomic mass is 9.86. The first-order valence-corrected chi connectivity index (χ1v) is 11.1. The summed E-state index contributed by atoms with van der Waals surface area (Å²) in [4.78, 5) is 26.8. The molecule has 1 fully saturated rings. The second kappa shape index (κ2) is 7.97. The van der Waals surface area contributed by atoms with Gasteiger partial charge in [0.1, 0.15) is 5.56 Å². The van der Waals surface area contributed by atoms with Crippen molar-refractivity contribution in [2.24, 2.45) is 11.7 Å². The second-order valence-corrected chi connectivity index (χ2v) is 9.48. The molecule has 5 rings (SSSR count). The van der Waals surface area contributed by atoms with E-state index in [0.717, 1.165) is 36.1 Å². The Labute approximate surface area is 190 Å². The molecule has 31 heavy (non-hydrogen) atoms. The maximum absolute atomic E-state index is 12.9. The smallest absolute Gasteiger partial charge is 0.341 e. The van der Waals surface area contributed by atoms with Gasteiger partial charge in [-0.05, 0) is 55.4 Å². The van der Waals surface area contributed by atoms with Gasteiger partial charge in [0.2, 0.25) is 5.43 Å². The average Bonchev–Trinajstić information content (AvgIpc) is 3.48. The Kier molecular flexibility index (Phi) is 5.62. The van der Waals surface area contributed by atoms with Crippen molar-refractivity contribution in [1.82, 2.24) is 4.57 Å². The molecule has 3 N–H and O–H groups in total. The van der Waals surface area contributed by atoms with Crippen LogP contribution in [0.2, 0.25) is 0 Å². The number of aromatic nitrogens is 1. The van der Waals surface area contributed by atoms with E-state index in [0.29, 0.717) is 22.6 Å². The number of fused-ring (bicyclic) bond motifs is 2. The van der Waals surface area contributed by atoms with Gasteiger partial charge in [-0.2, -0.15) is 0 Å². The molecule has 8 heteroatoms. The van der Waals surface area contributed by atoms with Crippen molar-refractivity contribution >= 4 is 40.6 Å². The van der Waals surface area contributed by atoms with Crippen LogP contribution < -0.4 is 15.9 Å². The fourth-order valence-electron chi connectivity index (χ4n) is 4.49. The third-order valence-electron chi connectivity index (χ3n) is 6.41. The van der Waals surface area contributed by atoms with E-state index >= 15 is 0 Å². The monoisotopic (exact) mass is 460 g/mol. The molecule has 0 saturated heterocycles. The highest BCUT2D eigenvalue weighted by molar-refractivity contribution is 7.15. The number of carboxylic acid groups (broad SMARTS) is 1. The number of nitrogens with two attached hydrogens (primary N) is 1. The predicted octanol–water partition coefficient (Wildman–Crippen LogP) is 4.78. The van der Waals surface area contributed by atoms with E-state index in [1.165, 1.54) is 16.6 Å². The maximum atomic E-state index is 12.9. The number of hydrogen-bond donors (Lipinski definition) is 2. The van der Waals surface area contributed by atoms with E-state index in [1.54, 1.807) is 24.5 Å². The summed E-state index contributed by atoms with van der Waals surface area (Å²) in [5.74, 6) is -0.126. The Morgan fingerprint density at radius 2 is 2.03 bits per heavy atom. The van der Waals surface area contributed by atoms with Gasteiger partial charge in [-0.3, -0.25) is 4.79 Å². The number of rotatable bonds is 4. The first-order valence-electron chi connectivity index (χ1n) is 10.3. The van der Waals surface area contributed by atoms with Crippen molar-refractivity contribution in [3.05, 3.63) is 50.6 Å². The number of carboxylic acids is 1. The van der Waals surface area contributed by atoms with E-state index in [2.05, 4.69) is 13.0 Å². The van der Waals surface area contributed by atoms with Crippen molar-refractivity contribution in [1.29, 1.82) is 0 Å². The van der Waals surface area contributed by atoms with Gasteiger partial charge in [0, 0.05) is 33.6 Å². The first kappa shape index (κ1) is 21.9. The van der Waals surface area contributed by atoms with Gasteiger partial charge in [0.25, 0.3) is 0 Å². The Hall–Kier alpha value is -2.35. The van der Waals surface area contributed by atoms with Gasteiger partial charge in [0.15, 0.2) is 5.75 Å². The molecule has 2 aromatic heterocycles. The summed E-state index contributed by atoms with van der Waals surface area (Å²) in [7, 11) is 1.60. The second-order valence-electron chi connectivity index (χ2n) is 8.40. The third kappa shape index (κ3) is 3.45. The van der Waals surface area contributed by atoms with Crippen LogP contribution in [-0.4, -0.2) is 22.8 Å². The molecule has 2 aliphatic rings. The van der Waals surface area contributed by atoms with Gasteiger partial charge >= 0.3 is 5.97 Å². The normalized spacial score (nSPS) is 20.2. The Morgan fingerprint density at radius 1 is 1.29 bits per heavy atom. The van der Waals surface area contributed by atoms with Gasteiger partial charge in [-0.15, -0.1) is 23.7 Å². The summed E-state index contributed by atoms with van der Waals surface area (Å²) in [5.41, 5.74) is 8.68. The van der Waals surface area contributed by atoms with Crippen molar-refractivity contribution in [3.8, 4) is 16.2 Å². The highest BCUT2D eigenvalue weighted by Crippen LogP contribution is 2.47. The molecule has 2 unspecified atom stereocenters. The van der Waals surface area contributed by atoms with Gasteiger partial charge < -0.3 is 20.1 Å². The molecule has 0 aliphatic heterocycles. The summed E-state index contributed by atoms with van der Waals surface area (Å²) < 4.78 is 7.76. The van der Waals surface area contributed by atoms with E-state index in [9.17, 15) is 14.7 Å². The molecule has 6 nitrogen and oxygen atoms in total. The topological polar surface area (TPSA) is 94.6 Å². The Bertz CT molecular complexity index is 1240. The van der Waals surface area contributed by atoms with Crippen molar-refractivity contribution in [2.75, 3.05) is 7.11 Å². The first-order chi connectivity index (χ1) is 14.4. The fourth-order valence-corrected chi connectivity index (χ4v) is 5.86. The minimum absolute atomic E-state index is 0. The molecule has 164 valence electrons. The minimum atomic E-state index is -1.20. The van der Waals surface area contributed by atoms with Crippen LogP contribution in [0.5, 0.6) is 5.75 Å². The number of halogens is 1. The predicted molar refractivity (Wildman–Crippen MR) is 125 cm³/mol. The number of ether oxygens (including phenoxy) is 1. The lowest BCUT2D eigenvalue weighted by Gasteiger charge is -2.25. The molecular weight excluding hydrogens is 436 g/mol. The van der Waals surface area contributed by atoms with Crippen LogP contribution in [0.4, 0.5) is 0 Å². The molecule has 3 aromatic rings. The van der Waals surface area contributed by atoms with Gasteiger partial charge in [0.05, 0.1) is 18.0 Å². The summed E-state index contributed by atoms with van der Waals surface area (Å²) in [6.07, 6.45) is 5.51. The number of benzene rings is 1. The zero-order valence-corrected chi connectivity index (χ0v) is 19.0. The Balaban J connectivity index is 0.00000231. The minimum Gasteiger partial charge on any atom is -0.494 e. The zero-order chi connectivity index (χ0) is 21.2. The quantitative estimate of drug-likeness (QED) is 0.584. The lowest BCUT2D eigenvalue weighted by Crippen LogP contribution is -2.23. The summed E-state index contributed by atoms with van der Waals surface area (Å²) in [5, 5.41) is 9.88. The number of methoxy groups -OCH3 is 1. The largest absolute Gasteiger partial charge is 0.494 e. The molecule has 2 atom stereocenters. The van der Waals surface area contributed by atoms with Gasteiger partial charge in [-0.25, -0.2) is 4.79 Å². The van der Waals surface area contributed by atoms with Crippen LogP contribution in [0.25, 0.3) is 21.3 Å². The SMILES string of the molecule is COc1c(-c2cc3c(s2)C(N)C(C)CC3)ccc2c(=O)c(C(=O)O)cn(C3CC3)c12.Cl. The summed E-state index contributed by atoms with van der Waals surface area (Å²) >= 11 is 1.69. The molecule has 0 spiro atoms. The maximum Gasteiger partial charge on any atom is 0.341 e. The third-order valence-corrected chi connectivity index (χ3v) is 7.73. The molecular formula is C23H25ClN2O4S. The molecule has 1 saturated carbocycles. The number of thiophene rings is 1. The summed E-state index contributed by atoms with van der Waals surface area (Å²) in [6.45, 7) is 2.19. The standard InChI is InChI=1S/C23H24N2O4S.ClH/c1-11-3-4-12-9-17(30-22(12)18(11)24)14-7-8-15-19(21(14)29-2)25(13-5-6-13)10-16(20(15)26)23(27)28;/h7-11,13,18H,3-6,24H2,1-2H3,(H,27,28);1H. The van der Waals surface area contributed by atoms with Crippen LogP contribution in [-0.2, 0) is 6.42 Å². The van der Waals surface area contributed by atoms with E-state index in [-0.39, 0.29) is 30.1 Å². The number of hydrogen-bond acceptors (Lipinski definition) is 5. The highest BCUT2D eigenvalue weighted by atomic mass is 35.5. The summed E-state index contributed by atoms with van der Waals surface area (Å²) in [6, 6.07) is 6.04. The van der Waals surface area contributed by atoms with E-state index in [4.69, 9.17) is 10.5 Å². The molecule has 0 radical (unpaired) electrons. The molecule has 2 aliphatic carbocycles. The number of nitrogens with zero attached hydrogens (tertiary/aromatic N) is 1. The number of aromatic carboxylic acids is 1. The molecule has 0 amide bonds. The highest BCUT2D eigenvalue weighted by Gasteiger charge is 2.30. The Morgan fingerprint density at radius 3 is 2.68 bits per heavy atom. The van der Waals surface area contributed by atoms with Crippen LogP contribution in [0.15, 0.2) is 29.2 Å². The van der Waals surface area contributed by atoms with Gasteiger partial charge in [-0.1, -0.05) is 6.92 Å². The van der Waals surface area contributed by atoms with E-state index < -0.39 is 11.4 Å². The van der Waals surface area contributed by atoms with Crippen LogP contribution in [0.1, 0.15) is 59.1 Å². The lowest BCUT2D eigenvalue weighted by molar-refractivity contribution is 0.0695. The average molecular weight is 461 g/mol. The fraction of sp³-hybridized carbons (Fsp3) is 0.391. The number of aryl methyl sites for hydroxylation is 1. The van der Waals surface area contributed by atoms with Crippen LogP contribution in [0, 0.1) is 5.92 Å². The van der Waals surface area contributed by atoms with Crippen molar-refractivity contribution < 1.29 is 14.6 Å². The zero-order valence-electron chi connectivity index (χ0n) is 17.4. The molecule has 0 bridgehead atoms. The molecule has 1 aromatic carbocycles. The van der Waals surface area contributed by atoms with E-state index in [1.807, 2.05) is 10.6 Å². The van der Waals surface area contributed by atoms with Crippen LogP contribution >= 0.6 is 23.7 Å². The van der Waals surface area contributed by atoms with Crippen molar-refractivity contribution in [3.63, 3.8) is 0 Å². The van der Waals surface area contributed by atoms with Crippen molar-refractivity contribution in [2.45, 2.75) is 44.7 Å². The number of carbonyl (C=O) groups is 1.